The fourth-order valence-corrected chi connectivity index (χ4v) is 6.88. The number of nitrogen functional groups attached to an aromatic ring is 1. The molecule has 1 atom stereocenters. The van der Waals surface area contributed by atoms with Gasteiger partial charge in [-0.2, -0.15) is 0 Å². The highest BCUT2D eigenvalue weighted by Crippen LogP contribution is 2.39. The lowest BCUT2D eigenvalue weighted by Gasteiger charge is -2.27. The number of thiophene rings is 1. The van der Waals surface area contributed by atoms with Gasteiger partial charge >= 0.3 is 0 Å². The Labute approximate surface area is 216 Å². The van der Waals surface area contributed by atoms with Crippen LogP contribution in [0.4, 0.5) is 11.6 Å². The molecular formula is C26H35N7O2S. The van der Waals surface area contributed by atoms with E-state index in [1.54, 1.807) is 24.6 Å². The maximum absolute atomic E-state index is 6.24. The molecule has 0 aromatic carbocycles. The molecule has 3 aromatic rings. The number of hydrogen-bond donors (Lipinski definition) is 1. The van der Waals surface area contributed by atoms with E-state index in [0.717, 1.165) is 60.1 Å². The first kappa shape index (κ1) is 23.8. The molecule has 0 aliphatic carbocycles. The lowest BCUT2D eigenvalue weighted by molar-refractivity contribution is 0.122. The minimum Gasteiger partial charge on any atom is -0.480 e. The van der Waals surface area contributed by atoms with Crippen LogP contribution in [0, 0.1) is 6.92 Å². The number of aryl methyl sites for hydroxylation is 1. The molecule has 9 nitrogen and oxygen atoms in total. The van der Waals surface area contributed by atoms with Crippen LogP contribution in [0.15, 0.2) is 12.3 Å². The number of aromatic nitrogens is 3. The van der Waals surface area contributed by atoms with Crippen molar-refractivity contribution in [2.75, 3.05) is 70.2 Å². The Hall–Kier alpha value is -2.53. The maximum Gasteiger partial charge on any atom is 0.236 e. The smallest absolute Gasteiger partial charge is 0.236 e. The molecule has 1 unspecified atom stereocenters. The summed E-state index contributed by atoms with van der Waals surface area (Å²) in [7, 11) is 1.58. The molecule has 6 rings (SSSR count). The zero-order chi connectivity index (χ0) is 24.6. The monoisotopic (exact) mass is 509 g/mol. The first-order valence-electron chi connectivity index (χ1n) is 13.0. The first-order valence-corrected chi connectivity index (χ1v) is 13.8. The quantitative estimate of drug-likeness (QED) is 0.538. The van der Waals surface area contributed by atoms with E-state index < -0.39 is 0 Å². The van der Waals surface area contributed by atoms with Gasteiger partial charge in [-0.15, -0.1) is 11.3 Å². The van der Waals surface area contributed by atoms with Crippen molar-refractivity contribution in [1.82, 2.24) is 24.8 Å². The van der Waals surface area contributed by atoms with Gasteiger partial charge in [0.25, 0.3) is 0 Å². The summed E-state index contributed by atoms with van der Waals surface area (Å²) in [5, 5.41) is 0. The van der Waals surface area contributed by atoms with Gasteiger partial charge in [0.15, 0.2) is 0 Å². The highest BCUT2D eigenvalue weighted by Gasteiger charge is 2.30. The number of fused-ring (bicyclic) bond motifs is 1. The Bertz CT molecular complexity index is 1240. The number of anilines is 2. The number of nitrogens with zero attached hydrogens (tertiary/aromatic N) is 6. The van der Waals surface area contributed by atoms with Gasteiger partial charge in [0.05, 0.1) is 41.9 Å². The normalized spacial score (nSPS) is 21.6. The van der Waals surface area contributed by atoms with E-state index in [-0.39, 0.29) is 0 Å². The molecule has 192 valence electrons. The third-order valence-electron chi connectivity index (χ3n) is 7.75. The van der Waals surface area contributed by atoms with Gasteiger partial charge in [0, 0.05) is 61.0 Å². The van der Waals surface area contributed by atoms with Crippen LogP contribution >= 0.6 is 11.3 Å². The SMILES string of the molecule is COc1ncc(-c2nc(N3CCOCC3)nc3c(CN4CCC(N5CCCC5)C4)c(C)sc23)cc1N. The van der Waals surface area contributed by atoms with E-state index in [0.29, 0.717) is 30.8 Å². The van der Waals surface area contributed by atoms with Crippen molar-refractivity contribution in [2.24, 2.45) is 0 Å². The summed E-state index contributed by atoms with van der Waals surface area (Å²) < 4.78 is 12.0. The number of ether oxygens (including phenoxy) is 2. The molecule has 0 saturated carbocycles. The molecule has 0 bridgehead atoms. The van der Waals surface area contributed by atoms with Crippen molar-refractivity contribution >= 4 is 33.2 Å². The molecule has 2 N–H and O–H groups in total. The Kier molecular flexibility index (Phi) is 6.68. The predicted molar refractivity (Wildman–Crippen MR) is 144 cm³/mol. The number of hydrogen-bond acceptors (Lipinski definition) is 10. The lowest BCUT2D eigenvalue weighted by Crippen LogP contribution is -2.37. The lowest BCUT2D eigenvalue weighted by atomic mass is 10.1. The van der Waals surface area contributed by atoms with Crippen LogP contribution in [-0.2, 0) is 11.3 Å². The number of likely N-dealkylation sites (tertiary alicyclic amines) is 2. The number of morpholine rings is 1. The van der Waals surface area contributed by atoms with Crippen LogP contribution in [0.2, 0.25) is 0 Å². The van der Waals surface area contributed by atoms with Crippen LogP contribution < -0.4 is 15.4 Å². The molecule has 10 heteroatoms. The summed E-state index contributed by atoms with van der Waals surface area (Å²) in [4.78, 5) is 23.5. The number of methoxy groups -OCH3 is 1. The molecule has 0 radical (unpaired) electrons. The minimum absolute atomic E-state index is 0.432. The minimum atomic E-state index is 0.432. The van der Waals surface area contributed by atoms with Crippen molar-refractivity contribution in [3.8, 4) is 17.1 Å². The predicted octanol–water partition coefficient (Wildman–Crippen LogP) is 3.16. The van der Waals surface area contributed by atoms with Crippen LogP contribution in [0.1, 0.15) is 29.7 Å². The summed E-state index contributed by atoms with van der Waals surface area (Å²) in [6, 6.07) is 2.60. The van der Waals surface area contributed by atoms with Gasteiger partial charge in [-0.05, 0) is 45.3 Å². The number of rotatable bonds is 6. The zero-order valence-electron chi connectivity index (χ0n) is 21.2. The zero-order valence-corrected chi connectivity index (χ0v) is 22.0. The summed E-state index contributed by atoms with van der Waals surface area (Å²) in [6.45, 7) is 10.9. The van der Waals surface area contributed by atoms with Crippen LogP contribution in [-0.4, -0.2) is 90.4 Å². The molecular weight excluding hydrogens is 474 g/mol. The Morgan fingerprint density at radius 2 is 1.94 bits per heavy atom. The first-order chi connectivity index (χ1) is 17.6. The summed E-state index contributed by atoms with van der Waals surface area (Å²) in [5.74, 6) is 1.19. The van der Waals surface area contributed by atoms with Gasteiger partial charge in [-0.25, -0.2) is 15.0 Å². The third-order valence-corrected chi connectivity index (χ3v) is 8.89. The molecule has 3 aliphatic heterocycles. The highest BCUT2D eigenvalue weighted by molar-refractivity contribution is 7.19. The van der Waals surface area contributed by atoms with Gasteiger partial charge in [-0.3, -0.25) is 9.80 Å². The average Bonchev–Trinajstić information content (AvgIpc) is 3.65. The molecule has 3 aromatic heterocycles. The molecule has 3 saturated heterocycles. The summed E-state index contributed by atoms with van der Waals surface area (Å²) >= 11 is 1.78. The summed E-state index contributed by atoms with van der Waals surface area (Å²) in [5.41, 5.74) is 10.9. The van der Waals surface area contributed by atoms with Crippen LogP contribution in [0.5, 0.6) is 5.88 Å². The van der Waals surface area contributed by atoms with E-state index in [2.05, 4.69) is 26.6 Å². The van der Waals surface area contributed by atoms with Gasteiger partial charge in [0.2, 0.25) is 11.8 Å². The van der Waals surface area contributed by atoms with Crippen molar-refractivity contribution < 1.29 is 9.47 Å². The van der Waals surface area contributed by atoms with Gasteiger partial charge in [-0.1, -0.05) is 0 Å². The third kappa shape index (κ3) is 4.51. The topological polar surface area (TPSA) is 92.9 Å². The Morgan fingerprint density at radius 1 is 1.14 bits per heavy atom. The van der Waals surface area contributed by atoms with Crippen molar-refractivity contribution in [1.29, 1.82) is 0 Å². The van der Waals surface area contributed by atoms with Gasteiger partial charge in [0.1, 0.15) is 0 Å². The second-order valence-corrected chi connectivity index (χ2v) is 11.3. The maximum atomic E-state index is 6.24. The molecule has 3 aliphatic rings. The van der Waals surface area contributed by atoms with Crippen molar-refractivity contribution in [3.63, 3.8) is 0 Å². The molecule has 0 spiro atoms. The molecule has 3 fully saturated rings. The Morgan fingerprint density at radius 3 is 2.69 bits per heavy atom. The van der Waals surface area contributed by atoms with E-state index >= 15 is 0 Å². The van der Waals surface area contributed by atoms with E-state index in [4.69, 9.17) is 25.2 Å². The van der Waals surface area contributed by atoms with Crippen LogP contribution in [0.3, 0.4) is 0 Å². The molecule has 0 amide bonds. The van der Waals surface area contributed by atoms with E-state index in [9.17, 15) is 0 Å². The number of pyridine rings is 1. The van der Waals surface area contributed by atoms with Crippen molar-refractivity contribution in [3.05, 3.63) is 22.7 Å². The van der Waals surface area contributed by atoms with E-state index in [1.165, 1.54) is 42.8 Å². The fourth-order valence-electron chi connectivity index (χ4n) is 5.76. The molecule has 36 heavy (non-hydrogen) atoms. The second kappa shape index (κ2) is 10.1. The Balaban J connectivity index is 1.38. The second-order valence-electron chi connectivity index (χ2n) is 10.0. The summed E-state index contributed by atoms with van der Waals surface area (Å²) in [6.07, 6.45) is 5.76. The standard InChI is InChI=1S/C26H35N7O2S/c1-17-20(16-31-8-5-19(15-31)32-6-3-4-7-32)23-24(36-17)22(18-13-21(27)25(34-2)28-14-18)29-26(30-23)33-9-11-35-12-10-33/h13-14,19H,3-12,15-16,27H2,1-2H3. The highest BCUT2D eigenvalue weighted by atomic mass is 32.1. The van der Waals surface area contributed by atoms with Crippen LogP contribution in [0.25, 0.3) is 21.5 Å². The van der Waals surface area contributed by atoms with Crippen molar-refractivity contribution in [2.45, 2.75) is 38.8 Å². The van der Waals surface area contributed by atoms with E-state index in [1.807, 2.05) is 6.07 Å². The largest absolute Gasteiger partial charge is 0.480 e. The average molecular weight is 510 g/mol. The molecule has 6 heterocycles. The number of nitrogens with two attached hydrogens (primary N) is 1. The van der Waals surface area contributed by atoms with Gasteiger partial charge < -0.3 is 20.1 Å². The fraction of sp³-hybridized carbons (Fsp3) is 0.577.